The molecule has 2 heteroatoms. The summed E-state index contributed by atoms with van der Waals surface area (Å²) in [6, 6.07) is 15.7. The first-order valence-electron chi connectivity index (χ1n) is 7.82. The summed E-state index contributed by atoms with van der Waals surface area (Å²) in [7, 11) is 0. The zero-order chi connectivity index (χ0) is 14.8. The van der Waals surface area contributed by atoms with Crippen LogP contribution in [0.15, 0.2) is 42.5 Å². The van der Waals surface area contributed by atoms with Gasteiger partial charge < -0.3 is 0 Å². The number of rotatable bonds is 3. The molecule has 0 heterocycles. The summed E-state index contributed by atoms with van der Waals surface area (Å²) in [6.07, 6.45) is 3.63. The highest BCUT2D eigenvalue weighted by Gasteiger charge is 2.28. The van der Waals surface area contributed by atoms with Crippen LogP contribution in [0.3, 0.4) is 0 Å². The molecular formula is C19H24N2. The van der Waals surface area contributed by atoms with E-state index in [0.29, 0.717) is 5.92 Å². The number of hydrogen-bond acceptors (Lipinski definition) is 2. The fourth-order valence-electron chi connectivity index (χ4n) is 3.54. The van der Waals surface area contributed by atoms with Crippen LogP contribution in [-0.4, -0.2) is 0 Å². The molecule has 2 nitrogen and oxygen atoms in total. The van der Waals surface area contributed by atoms with Gasteiger partial charge in [-0.05, 0) is 60.9 Å². The Balaban J connectivity index is 1.99. The summed E-state index contributed by atoms with van der Waals surface area (Å²) in [4.78, 5) is 0. The van der Waals surface area contributed by atoms with E-state index in [0.717, 1.165) is 0 Å². The Morgan fingerprint density at radius 1 is 1.10 bits per heavy atom. The van der Waals surface area contributed by atoms with Crippen molar-refractivity contribution in [2.45, 2.75) is 45.1 Å². The fraction of sp³-hybridized carbons (Fsp3) is 0.368. The Hall–Kier alpha value is -1.64. The maximum absolute atomic E-state index is 5.93. The Bertz CT molecular complexity index is 633. The quantitative estimate of drug-likeness (QED) is 0.660. The van der Waals surface area contributed by atoms with Gasteiger partial charge >= 0.3 is 0 Å². The average Bonchev–Trinajstić information content (AvgIpc) is 2.52. The number of nitrogens with two attached hydrogens (primary N) is 1. The molecule has 3 N–H and O–H groups in total. The van der Waals surface area contributed by atoms with Crippen molar-refractivity contribution in [2.75, 3.05) is 0 Å². The number of fused-ring (bicyclic) bond motifs is 1. The van der Waals surface area contributed by atoms with Crippen LogP contribution in [0.4, 0.5) is 0 Å². The lowest BCUT2D eigenvalue weighted by Crippen LogP contribution is -2.34. The van der Waals surface area contributed by atoms with Gasteiger partial charge in [0.15, 0.2) is 0 Å². The molecule has 0 saturated carbocycles. The third-order valence-electron chi connectivity index (χ3n) is 4.89. The Morgan fingerprint density at radius 2 is 1.90 bits per heavy atom. The molecule has 0 fully saturated rings. The molecule has 2 atom stereocenters. The summed E-state index contributed by atoms with van der Waals surface area (Å²) < 4.78 is 0. The molecule has 1 aliphatic carbocycles. The first kappa shape index (κ1) is 14.3. The van der Waals surface area contributed by atoms with Gasteiger partial charge in [-0.15, -0.1) is 0 Å². The first-order valence-corrected chi connectivity index (χ1v) is 7.82. The summed E-state index contributed by atoms with van der Waals surface area (Å²) in [6.45, 7) is 4.32. The molecule has 0 spiro atoms. The van der Waals surface area contributed by atoms with Gasteiger partial charge in [0.1, 0.15) is 0 Å². The summed E-state index contributed by atoms with van der Waals surface area (Å²) in [5, 5.41) is 0. The van der Waals surface area contributed by atoms with E-state index in [1.54, 1.807) is 0 Å². The number of aryl methyl sites for hydroxylation is 3. The average molecular weight is 280 g/mol. The molecule has 0 bridgehead atoms. The van der Waals surface area contributed by atoms with E-state index in [9.17, 15) is 0 Å². The molecule has 0 aliphatic heterocycles. The Kier molecular flexibility index (Phi) is 4.09. The molecule has 3 rings (SSSR count). The molecule has 0 saturated heterocycles. The van der Waals surface area contributed by atoms with E-state index in [2.05, 4.69) is 61.7 Å². The molecule has 2 unspecified atom stereocenters. The highest BCUT2D eigenvalue weighted by molar-refractivity contribution is 5.38. The SMILES string of the molecule is Cc1ccc(C(NN)C2CCCc3ccccc32)cc1C. The largest absolute Gasteiger partial charge is 0.271 e. The number of hydrogen-bond donors (Lipinski definition) is 2. The van der Waals surface area contributed by atoms with Crippen LogP contribution in [0.5, 0.6) is 0 Å². The highest BCUT2D eigenvalue weighted by atomic mass is 15.2. The lowest BCUT2D eigenvalue weighted by Gasteiger charge is -2.32. The summed E-state index contributed by atoms with van der Waals surface area (Å²) in [5.74, 6) is 6.39. The van der Waals surface area contributed by atoms with Crippen molar-refractivity contribution >= 4 is 0 Å². The normalized spacial score (nSPS) is 19.1. The van der Waals surface area contributed by atoms with Gasteiger partial charge in [0, 0.05) is 5.92 Å². The van der Waals surface area contributed by atoms with Gasteiger partial charge in [0.2, 0.25) is 0 Å². The monoisotopic (exact) mass is 280 g/mol. The molecule has 110 valence electrons. The second-order valence-corrected chi connectivity index (χ2v) is 6.19. The van der Waals surface area contributed by atoms with Crippen molar-refractivity contribution in [2.24, 2.45) is 5.84 Å². The van der Waals surface area contributed by atoms with Crippen LogP contribution in [0.1, 0.15) is 52.6 Å². The third kappa shape index (κ3) is 2.74. The van der Waals surface area contributed by atoms with E-state index in [-0.39, 0.29) is 6.04 Å². The van der Waals surface area contributed by atoms with Crippen LogP contribution in [-0.2, 0) is 6.42 Å². The van der Waals surface area contributed by atoms with Crippen molar-refractivity contribution < 1.29 is 0 Å². The molecule has 0 aromatic heterocycles. The second kappa shape index (κ2) is 6.00. The van der Waals surface area contributed by atoms with Gasteiger partial charge in [0.25, 0.3) is 0 Å². The van der Waals surface area contributed by atoms with E-state index in [4.69, 9.17) is 5.84 Å². The van der Waals surface area contributed by atoms with Crippen molar-refractivity contribution in [1.82, 2.24) is 5.43 Å². The molecule has 0 amide bonds. The molecular weight excluding hydrogens is 256 g/mol. The molecule has 21 heavy (non-hydrogen) atoms. The predicted octanol–water partition coefficient (Wildman–Crippen LogP) is 3.93. The predicted molar refractivity (Wildman–Crippen MR) is 88.1 cm³/mol. The smallest absolute Gasteiger partial charge is 0.0528 e. The summed E-state index contributed by atoms with van der Waals surface area (Å²) in [5.41, 5.74) is 9.98. The van der Waals surface area contributed by atoms with Gasteiger partial charge in [-0.3, -0.25) is 11.3 Å². The lowest BCUT2D eigenvalue weighted by molar-refractivity contribution is 0.408. The molecule has 0 radical (unpaired) electrons. The third-order valence-corrected chi connectivity index (χ3v) is 4.89. The zero-order valence-electron chi connectivity index (χ0n) is 12.9. The zero-order valence-corrected chi connectivity index (χ0v) is 12.9. The van der Waals surface area contributed by atoms with Crippen LogP contribution >= 0.6 is 0 Å². The maximum atomic E-state index is 5.93. The fourth-order valence-corrected chi connectivity index (χ4v) is 3.54. The molecule has 1 aliphatic rings. The van der Waals surface area contributed by atoms with Crippen molar-refractivity contribution in [3.63, 3.8) is 0 Å². The van der Waals surface area contributed by atoms with Crippen LogP contribution in [0.25, 0.3) is 0 Å². The minimum atomic E-state index is 0.186. The maximum Gasteiger partial charge on any atom is 0.0528 e. The number of nitrogens with one attached hydrogen (secondary N) is 1. The number of benzene rings is 2. The van der Waals surface area contributed by atoms with Crippen molar-refractivity contribution in [3.05, 3.63) is 70.3 Å². The minimum Gasteiger partial charge on any atom is -0.271 e. The Labute approximate surface area is 127 Å². The molecule has 2 aromatic rings. The van der Waals surface area contributed by atoms with E-state index in [1.165, 1.54) is 47.1 Å². The topological polar surface area (TPSA) is 38.0 Å². The van der Waals surface area contributed by atoms with E-state index in [1.807, 2.05) is 0 Å². The Morgan fingerprint density at radius 3 is 2.67 bits per heavy atom. The van der Waals surface area contributed by atoms with Crippen LogP contribution in [0, 0.1) is 13.8 Å². The van der Waals surface area contributed by atoms with Crippen LogP contribution in [0.2, 0.25) is 0 Å². The van der Waals surface area contributed by atoms with Crippen molar-refractivity contribution in [1.29, 1.82) is 0 Å². The number of hydrazine groups is 1. The van der Waals surface area contributed by atoms with Gasteiger partial charge in [-0.25, -0.2) is 0 Å². The summed E-state index contributed by atoms with van der Waals surface area (Å²) >= 11 is 0. The van der Waals surface area contributed by atoms with Crippen LogP contribution < -0.4 is 11.3 Å². The standard InChI is InChI=1S/C19H24N2/c1-13-10-11-16(12-14(13)2)19(21-20)18-9-5-7-15-6-3-4-8-17(15)18/h3-4,6,8,10-12,18-19,21H,5,7,9,20H2,1-2H3. The van der Waals surface area contributed by atoms with Gasteiger partial charge in [-0.1, -0.05) is 42.5 Å². The highest BCUT2D eigenvalue weighted by Crippen LogP contribution is 2.40. The van der Waals surface area contributed by atoms with E-state index >= 15 is 0 Å². The lowest BCUT2D eigenvalue weighted by atomic mass is 9.76. The minimum absolute atomic E-state index is 0.186. The first-order chi connectivity index (χ1) is 10.2. The second-order valence-electron chi connectivity index (χ2n) is 6.19. The molecule has 2 aromatic carbocycles. The van der Waals surface area contributed by atoms with Crippen molar-refractivity contribution in [3.8, 4) is 0 Å². The van der Waals surface area contributed by atoms with Gasteiger partial charge in [-0.2, -0.15) is 0 Å². The van der Waals surface area contributed by atoms with Gasteiger partial charge in [0.05, 0.1) is 6.04 Å². The van der Waals surface area contributed by atoms with E-state index < -0.39 is 0 Å².